The quantitative estimate of drug-likeness (QED) is 0.904. The van der Waals surface area contributed by atoms with Crippen molar-refractivity contribution in [3.8, 4) is 0 Å². The van der Waals surface area contributed by atoms with Crippen LogP contribution in [0.5, 0.6) is 0 Å². The third-order valence-electron chi connectivity index (χ3n) is 5.09. The Labute approximate surface area is 159 Å². The molecule has 2 aromatic rings. The van der Waals surface area contributed by atoms with E-state index in [1.807, 2.05) is 4.90 Å². The van der Waals surface area contributed by atoms with E-state index in [-0.39, 0.29) is 17.9 Å². The average Bonchev–Trinajstić information content (AvgIpc) is 3.51. The topological polar surface area (TPSA) is 65.5 Å². The summed E-state index contributed by atoms with van der Waals surface area (Å²) in [4.78, 5) is 33.3. The van der Waals surface area contributed by atoms with Crippen molar-refractivity contribution in [1.82, 2.24) is 15.2 Å². The fourth-order valence-electron chi connectivity index (χ4n) is 3.35. The first kappa shape index (κ1) is 17.5. The zero-order valence-electron chi connectivity index (χ0n) is 15.5. The van der Waals surface area contributed by atoms with Gasteiger partial charge in [-0.25, -0.2) is 0 Å². The Morgan fingerprint density at radius 1 is 1.04 bits per heavy atom. The molecule has 0 radical (unpaired) electrons. The van der Waals surface area contributed by atoms with Gasteiger partial charge in [0.05, 0.1) is 11.1 Å². The van der Waals surface area contributed by atoms with E-state index in [2.05, 4.69) is 46.4 Å². The van der Waals surface area contributed by atoms with Crippen molar-refractivity contribution in [1.29, 1.82) is 0 Å². The Balaban J connectivity index is 1.39. The molecule has 4 rings (SSSR count). The number of nitrogens with zero attached hydrogens (tertiary/aromatic N) is 3. The number of aromatic nitrogens is 1. The van der Waals surface area contributed by atoms with Gasteiger partial charge in [0, 0.05) is 50.3 Å². The van der Waals surface area contributed by atoms with Gasteiger partial charge >= 0.3 is 0 Å². The Bertz CT molecular complexity index is 855. The molecule has 2 amide bonds. The van der Waals surface area contributed by atoms with Gasteiger partial charge in [-0.2, -0.15) is 0 Å². The number of amides is 2. The molecular formula is C21H24N4O2. The highest BCUT2D eigenvalue weighted by molar-refractivity contribution is 5.99. The molecular weight excluding hydrogens is 340 g/mol. The van der Waals surface area contributed by atoms with Crippen LogP contribution in [0.2, 0.25) is 0 Å². The zero-order valence-corrected chi connectivity index (χ0v) is 15.5. The van der Waals surface area contributed by atoms with E-state index in [1.165, 1.54) is 17.4 Å². The van der Waals surface area contributed by atoms with Crippen molar-refractivity contribution >= 4 is 17.5 Å². The lowest BCUT2D eigenvalue weighted by molar-refractivity contribution is 0.0746. The van der Waals surface area contributed by atoms with Crippen LogP contribution in [0.3, 0.4) is 0 Å². The molecule has 1 N–H and O–H groups in total. The summed E-state index contributed by atoms with van der Waals surface area (Å²) in [5.74, 6) is -0.212. The largest absolute Gasteiger partial charge is 0.368 e. The maximum atomic E-state index is 12.8. The monoisotopic (exact) mass is 364 g/mol. The van der Waals surface area contributed by atoms with Crippen LogP contribution in [0, 0.1) is 6.92 Å². The fourth-order valence-corrected chi connectivity index (χ4v) is 3.35. The summed E-state index contributed by atoms with van der Waals surface area (Å²) >= 11 is 0. The van der Waals surface area contributed by atoms with Gasteiger partial charge in [0.25, 0.3) is 11.8 Å². The smallest absolute Gasteiger partial charge is 0.255 e. The van der Waals surface area contributed by atoms with E-state index < -0.39 is 0 Å². The number of carbonyl (C=O) groups excluding carboxylic acids is 2. The molecule has 0 atom stereocenters. The van der Waals surface area contributed by atoms with Crippen LogP contribution >= 0.6 is 0 Å². The molecule has 2 fully saturated rings. The van der Waals surface area contributed by atoms with Crippen LogP contribution < -0.4 is 10.2 Å². The van der Waals surface area contributed by atoms with Crippen molar-refractivity contribution in [2.75, 3.05) is 31.1 Å². The molecule has 1 aliphatic carbocycles. The van der Waals surface area contributed by atoms with E-state index in [0.717, 1.165) is 25.9 Å². The van der Waals surface area contributed by atoms with E-state index >= 15 is 0 Å². The first-order valence-electron chi connectivity index (χ1n) is 9.47. The van der Waals surface area contributed by atoms with Crippen molar-refractivity contribution in [3.63, 3.8) is 0 Å². The maximum Gasteiger partial charge on any atom is 0.255 e. The van der Waals surface area contributed by atoms with Gasteiger partial charge < -0.3 is 15.1 Å². The molecule has 2 aliphatic rings. The van der Waals surface area contributed by atoms with Gasteiger partial charge in [-0.05, 0) is 43.5 Å². The zero-order chi connectivity index (χ0) is 18.8. The van der Waals surface area contributed by atoms with Gasteiger partial charge in [-0.1, -0.05) is 12.1 Å². The number of hydrogen-bond donors (Lipinski definition) is 1. The summed E-state index contributed by atoms with van der Waals surface area (Å²) in [6.07, 6.45) is 5.12. The summed E-state index contributed by atoms with van der Waals surface area (Å²) in [5, 5.41) is 2.93. The maximum absolute atomic E-state index is 12.8. The number of rotatable bonds is 4. The third-order valence-corrected chi connectivity index (χ3v) is 5.09. The molecule has 2 heterocycles. The molecule has 1 saturated heterocycles. The van der Waals surface area contributed by atoms with Crippen LogP contribution in [-0.2, 0) is 0 Å². The minimum Gasteiger partial charge on any atom is -0.368 e. The highest BCUT2D eigenvalue weighted by Crippen LogP contribution is 2.20. The minimum absolute atomic E-state index is 0.0625. The molecule has 1 aromatic carbocycles. The second-order valence-corrected chi connectivity index (χ2v) is 7.33. The van der Waals surface area contributed by atoms with E-state index in [0.29, 0.717) is 24.2 Å². The molecule has 6 nitrogen and oxygen atoms in total. The molecule has 1 saturated carbocycles. The van der Waals surface area contributed by atoms with Crippen LogP contribution in [0.4, 0.5) is 5.69 Å². The van der Waals surface area contributed by atoms with Gasteiger partial charge in [0.1, 0.15) is 0 Å². The van der Waals surface area contributed by atoms with Crippen molar-refractivity contribution in [2.24, 2.45) is 0 Å². The van der Waals surface area contributed by atoms with Crippen LogP contribution in [0.15, 0.2) is 42.7 Å². The number of benzene rings is 1. The molecule has 0 bridgehead atoms. The first-order chi connectivity index (χ1) is 13.1. The molecule has 0 unspecified atom stereocenters. The number of carbonyl (C=O) groups is 2. The summed E-state index contributed by atoms with van der Waals surface area (Å²) in [6.45, 7) is 4.99. The third kappa shape index (κ3) is 4.10. The van der Waals surface area contributed by atoms with E-state index in [4.69, 9.17) is 0 Å². The van der Waals surface area contributed by atoms with Gasteiger partial charge in [0.15, 0.2) is 0 Å². The predicted molar refractivity (Wildman–Crippen MR) is 104 cm³/mol. The van der Waals surface area contributed by atoms with E-state index in [9.17, 15) is 9.59 Å². The number of aryl methyl sites for hydroxylation is 1. The summed E-state index contributed by atoms with van der Waals surface area (Å²) in [5.41, 5.74) is 3.36. The second kappa shape index (κ2) is 7.39. The van der Waals surface area contributed by atoms with Gasteiger partial charge in [-0.15, -0.1) is 0 Å². The predicted octanol–water partition coefficient (Wildman–Crippen LogP) is 2.24. The van der Waals surface area contributed by atoms with Crippen molar-refractivity contribution < 1.29 is 9.59 Å². The number of piperazine rings is 1. The van der Waals surface area contributed by atoms with Crippen LogP contribution in [0.25, 0.3) is 0 Å². The molecule has 1 aromatic heterocycles. The van der Waals surface area contributed by atoms with Crippen LogP contribution in [-0.4, -0.2) is 53.9 Å². The van der Waals surface area contributed by atoms with Crippen LogP contribution in [0.1, 0.15) is 39.1 Å². The first-order valence-corrected chi connectivity index (χ1v) is 9.47. The minimum atomic E-state index is -0.149. The molecule has 6 heteroatoms. The number of pyridine rings is 1. The lowest BCUT2D eigenvalue weighted by Gasteiger charge is -2.36. The lowest BCUT2D eigenvalue weighted by atomic mass is 10.1. The number of anilines is 1. The van der Waals surface area contributed by atoms with Gasteiger partial charge in [-0.3, -0.25) is 14.6 Å². The Hall–Kier alpha value is -2.89. The summed E-state index contributed by atoms with van der Waals surface area (Å²) in [7, 11) is 0. The second-order valence-electron chi connectivity index (χ2n) is 7.33. The SMILES string of the molecule is Cc1cccc(N2CCN(C(=O)c3cncc(C(=O)NC4CC4)c3)CC2)c1. The summed E-state index contributed by atoms with van der Waals surface area (Å²) < 4.78 is 0. The number of hydrogen-bond acceptors (Lipinski definition) is 4. The standard InChI is InChI=1S/C21H24N4O2/c1-15-3-2-4-19(11-15)24-7-9-25(10-8-24)21(27)17-12-16(13-22-14-17)20(26)23-18-5-6-18/h2-4,11-14,18H,5-10H2,1H3,(H,23,26). The van der Waals surface area contributed by atoms with Crippen molar-refractivity contribution in [2.45, 2.75) is 25.8 Å². The lowest BCUT2D eigenvalue weighted by Crippen LogP contribution is -2.48. The van der Waals surface area contributed by atoms with Gasteiger partial charge in [0.2, 0.25) is 0 Å². The molecule has 27 heavy (non-hydrogen) atoms. The number of nitrogens with one attached hydrogen (secondary N) is 1. The Kier molecular flexibility index (Phi) is 4.79. The molecule has 0 spiro atoms. The molecule has 1 aliphatic heterocycles. The van der Waals surface area contributed by atoms with Crippen molar-refractivity contribution in [3.05, 3.63) is 59.4 Å². The normalized spacial score (nSPS) is 16.9. The fraction of sp³-hybridized carbons (Fsp3) is 0.381. The average molecular weight is 364 g/mol. The highest BCUT2D eigenvalue weighted by atomic mass is 16.2. The Morgan fingerprint density at radius 3 is 2.48 bits per heavy atom. The van der Waals surface area contributed by atoms with E-state index in [1.54, 1.807) is 12.3 Å². The highest BCUT2D eigenvalue weighted by Gasteiger charge is 2.26. The molecule has 140 valence electrons. The summed E-state index contributed by atoms with van der Waals surface area (Å²) in [6, 6.07) is 10.4. The Morgan fingerprint density at radius 2 is 1.78 bits per heavy atom.